The maximum absolute atomic E-state index is 12.3. The van der Waals surface area contributed by atoms with Crippen molar-refractivity contribution in [1.29, 1.82) is 0 Å². The van der Waals surface area contributed by atoms with Crippen LogP contribution in [-0.4, -0.2) is 24.7 Å². The minimum Gasteiger partial charge on any atom is -0.497 e. The molecule has 4 heteroatoms. The van der Waals surface area contributed by atoms with Crippen molar-refractivity contribution in [3.8, 4) is 11.5 Å². The van der Waals surface area contributed by atoms with Gasteiger partial charge in [-0.3, -0.25) is 4.79 Å². The maximum Gasteiger partial charge on any atom is 0.261 e. The zero-order valence-corrected chi connectivity index (χ0v) is 14.8. The zero-order chi connectivity index (χ0) is 17.0. The van der Waals surface area contributed by atoms with Gasteiger partial charge in [-0.05, 0) is 44.7 Å². The molecule has 0 saturated carbocycles. The lowest BCUT2D eigenvalue weighted by molar-refractivity contribution is -0.129. The summed E-state index contributed by atoms with van der Waals surface area (Å²) < 4.78 is 10.9. The van der Waals surface area contributed by atoms with E-state index in [2.05, 4.69) is 26.1 Å². The van der Waals surface area contributed by atoms with Gasteiger partial charge in [0.2, 0.25) is 0 Å². The zero-order valence-electron chi connectivity index (χ0n) is 14.8. The lowest BCUT2D eigenvalue weighted by Crippen LogP contribution is -2.50. The molecule has 0 aliphatic rings. The number of carbonyl (C=O) groups is 1. The van der Waals surface area contributed by atoms with Crippen LogP contribution in [0.1, 0.15) is 48.0 Å². The highest BCUT2D eigenvalue weighted by Gasteiger charge is 2.29. The molecule has 1 amide bonds. The summed E-state index contributed by atoms with van der Waals surface area (Å²) >= 11 is 0. The Kier molecular flexibility index (Phi) is 5.86. The van der Waals surface area contributed by atoms with Crippen LogP contribution in [0, 0.1) is 5.41 Å². The molecule has 0 radical (unpaired) electrons. The molecule has 22 heavy (non-hydrogen) atoms. The van der Waals surface area contributed by atoms with Crippen LogP contribution in [0.15, 0.2) is 24.3 Å². The number of amides is 1. The van der Waals surface area contributed by atoms with E-state index < -0.39 is 6.10 Å². The van der Waals surface area contributed by atoms with Crippen molar-refractivity contribution in [2.45, 2.75) is 59.6 Å². The molecule has 0 bridgehead atoms. The summed E-state index contributed by atoms with van der Waals surface area (Å²) in [5.41, 5.74) is -0.130. The van der Waals surface area contributed by atoms with Gasteiger partial charge in [-0.2, -0.15) is 0 Å². The molecule has 4 nitrogen and oxygen atoms in total. The summed E-state index contributed by atoms with van der Waals surface area (Å²) in [6.45, 7) is 12.3. The van der Waals surface area contributed by atoms with Gasteiger partial charge >= 0.3 is 0 Å². The predicted molar refractivity (Wildman–Crippen MR) is 89.4 cm³/mol. The summed E-state index contributed by atoms with van der Waals surface area (Å²) in [6.07, 6.45) is 0.323. The summed E-state index contributed by atoms with van der Waals surface area (Å²) in [5, 5.41) is 3.07. The summed E-state index contributed by atoms with van der Waals surface area (Å²) in [7, 11) is 1.60. The molecule has 0 spiro atoms. The van der Waals surface area contributed by atoms with Gasteiger partial charge in [-0.25, -0.2) is 0 Å². The highest BCUT2D eigenvalue weighted by molar-refractivity contribution is 5.81. The van der Waals surface area contributed by atoms with Crippen LogP contribution in [0.4, 0.5) is 0 Å². The topological polar surface area (TPSA) is 47.6 Å². The second kappa shape index (κ2) is 7.03. The van der Waals surface area contributed by atoms with Crippen molar-refractivity contribution in [2.24, 2.45) is 5.41 Å². The van der Waals surface area contributed by atoms with Crippen molar-refractivity contribution in [2.75, 3.05) is 7.11 Å². The van der Waals surface area contributed by atoms with E-state index in [1.165, 1.54) is 0 Å². The van der Waals surface area contributed by atoms with E-state index in [-0.39, 0.29) is 16.9 Å². The van der Waals surface area contributed by atoms with Crippen LogP contribution >= 0.6 is 0 Å². The number of hydrogen-bond donors (Lipinski definition) is 1. The molecule has 1 atom stereocenters. The number of ether oxygens (including phenoxy) is 2. The first-order chi connectivity index (χ1) is 10.0. The third kappa shape index (κ3) is 6.37. The minimum atomic E-state index is -0.564. The minimum absolute atomic E-state index is 0.114. The van der Waals surface area contributed by atoms with Gasteiger partial charge in [0.25, 0.3) is 5.91 Å². The maximum atomic E-state index is 12.3. The Balaban J connectivity index is 2.65. The van der Waals surface area contributed by atoms with E-state index in [4.69, 9.17) is 9.47 Å². The van der Waals surface area contributed by atoms with Crippen LogP contribution < -0.4 is 14.8 Å². The lowest BCUT2D eigenvalue weighted by Gasteiger charge is -2.34. The van der Waals surface area contributed by atoms with Crippen molar-refractivity contribution in [3.05, 3.63) is 24.3 Å². The molecule has 1 rings (SSSR count). The average molecular weight is 307 g/mol. The van der Waals surface area contributed by atoms with Gasteiger partial charge in [-0.1, -0.05) is 26.8 Å². The number of rotatable bonds is 6. The molecule has 1 aromatic rings. The fraction of sp³-hybridized carbons (Fsp3) is 0.611. The van der Waals surface area contributed by atoms with E-state index in [0.717, 1.165) is 6.42 Å². The van der Waals surface area contributed by atoms with Crippen LogP contribution in [0.3, 0.4) is 0 Å². The van der Waals surface area contributed by atoms with Gasteiger partial charge in [0, 0.05) is 11.6 Å². The Labute approximate surface area is 134 Å². The Morgan fingerprint density at radius 1 is 1.18 bits per heavy atom. The molecule has 0 saturated heterocycles. The molecule has 1 aromatic carbocycles. The van der Waals surface area contributed by atoms with Crippen molar-refractivity contribution >= 4 is 5.91 Å². The average Bonchev–Trinajstić information content (AvgIpc) is 2.35. The van der Waals surface area contributed by atoms with Crippen molar-refractivity contribution in [1.82, 2.24) is 5.32 Å². The second-order valence-corrected chi connectivity index (χ2v) is 7.55. The largest absolute Gasteiger partial charge is 0.497 e. The molecule has 0 aromatic heterocycles. The normalized spacial score (nSPS) is 13.4. The van der Waals surface area contributed by atoms with Crippen LogP contribution in [0.2, 0.25) is 0 Å². The van der Waals surface area contributed by atoms with E-state index >= 15 is 0 Å². The van der Waals surface area contributed by atoms with Crippen molar-refractivity contribution < 1.29 is 14.3 Å². The van der Waals surface area contributed by atoms with Crippen LogP contribution in [-0.2, 0) is 4.79 Å². The Morgan fingerprint density at radius 3 is 2.32 bits per heavy atom. The van der Waals surface area contributed by atoms with E-state index in [1.54, 1.807) is 20.1 Å². The van der Waals surface area contributed by atoms with E-state index in [9.17, 15) is 4.79 Å². The van der Waals surface area contributed by atoms with Gasteiger partial charge in [0.05, 0.1) is 7.11 Å². The van der Waals surface area contributed by atoms with Gasteiger partial charge in [0.15, 0.2) is 6.10 Å². The first-order valence-electron chi connectivity index (χ1n) is 7.65. The van der Waals surface area contributed by atoms with E-state index in [1.807, 2.05) is 32.0 Å². The van der Waals surface area contributed by atoms with Gasteiger partial charge in [-0.15, -0.1) is 0 Å². The first-order valence-corrected chi connectivity index (χ1v) is 7.65. The van der Waals surface area contributed by atoms with E-state index in [0.29, 0.717) is 11.5 Å². The van der Waals surface area contributed by atoms with Gasteiger partial charge in [0.1, 0.15) is 11.5 Å². The molecule has 1 unspecified atom stereocenters. The fourth-order valence-corrected chi connectivity index (χ4v) is 2.74. The summed E-state index contributed by atoms with van der Waals surface area (Å²) in [6, 6.07) is 7.25. The number of methoxy groups -OCH3 is 1. The fourth-order valence-electron chi connectivity index (χ4n) is 2.74. The first kappa shape index (κ1) is 18.3. The quantitative estimate of drug-likeness (QED) is 0.869. The Bertz CT molecular complexity index is 503. The molecule has 0 heterocycles. The number of benzene rings is 1. The molecular weight excluding hydrogens is 278 g/mol. The molecule has 0 aliphatic heterocycles. The second-order valence-electron chi connectivity index (χ2n) is 7.55. The molecule has 0 fully saturated rings. The summed E-state index contributed by atoms with van der Waals surface area (Å²) in [5.74, 6) is 1.21. The molecular formula is C18H29NO3. The molecule has 0 aliphatic carbocycles. The Morgan fingerprint density at radius 2 is 1.77 bits per heavy atom. The third-order valence-corrected chi connectivity index (χ3v) is 3.16. The highest BCUT2D eigenvalue weighted by Crippen LogP contribution is 2.27. The predicted octanol–water partition coefficient (Wildman–Crippen LogP) is 3.79. The number of nitrogens with one attached hydrogen (secondary N) is 1. The molecule has 124 valence electrons. The SMILES string of the molecule is COc1cccc(OC(C)C(=O)NC(C)(C)CC(C)(C)C)c1. The third-order valence-electron chi connectivity index (χ3n) is 3.16. The number of carbonyl (C=O) groups excluding carboxylic acids is 1. The summed E-state index contributed by atoms with van der Waals surface area (Å²) in [4.78, 5) is 12.3. The van der Waals surface area contributed by atoms with Gasteiger partial charge < -0.3 is 14.8 Å². The highest BCUT2D eigenvalue weighted by atomic mass is 16.5. The smallest absolute Gasteiger partial charge is 0.261 e. The Hall–Kier alpha value is -1.71. The van der Waals surface area contributed by atoms with Crippen LogP contribution in [0.5, 0.6) is 11.5 Å². The monoisotopic (exact) mass is 307 g/mol. The van der Waals surface area contributed by atoms with Crippen LogP contribution in [0.25, 0.3) is 0 Å². The van der Waals surface area contributed by atoms with Crippen molar-refractivity contribution in [3.63, 3.8) is 0 Å². The standard InChI is InChI=1S/C18H29NO3/c1-13(22-15-10-8-9-14(11-15)21-7)16(20)19-18(5,6)12-17(2,3)4/h8-11,13H,12H2,1-7H3,(H,19,20). The molecule has 1 N–H and O–H groups in total. The number of hydrogen-bond acceptors (Lipinski definition) is 3. The lowest BCUT2D eigenvalue weighted by atomic mass is 9.81.